The second kappa shape index (κ2) is 5.57. The van der Waals surface area contributed by atoms with Crippen LogP contribution in [0.4, 0.5) is 18.9 Å². The van der Waals surface area contributed by atoms with Crippen molar-refractivity contribution in [1.29, 1.82) is 5.26 Å². The van der Waals surface area contributed by atoms with Crippen molar-refractivity contribution in [2.45, 2.75) is 25.1 Å². The van der Waals surface area contributed by atoms with E-state index >= 15 is 0 Å². The number of hydrogen-bond acceptors (Lipinski definition) is 4. The first-order valence-electron chi connectivity index (χ1n) is 7.13. The van der Waals surface area contributed by atoms with Crippen LogP contribution in [0.15, 0.2) is 24.5 Å². The van der Waals surface area contributed by atoms with Crippen molar-refractivity contribution in [3.63, 3.8) is 0 Å². The number of nitrogens with zero attached hydrogens (tertiary/aromatic N) is 5. The van der Waals surface area contributed by atoms with Crippen molar-refractivity contribution in [2.75, 3.05) is 11.4 Å². The summed E-state index contributed by atoms with van der Waals surface area (Å²) >= 11 is 0. The van der Waals surface area contributed by atoms with Crippen LogP contribution in [-0.4, -0.2) is 21.3 Å². The van der Waals surface area contributed by atoms with Crippen LogP contribution in [0.2, 0.25) is 0 Å². The van der Waals surface area contributed by atoms with Gasteiger partial charge in [0, 0.05) is 19.3 Å². The fraction of sp³-hybridized carbons (Fsp3) is 0.400. The van der Waals surface area contributed by atoms with Gasteiger partial charge in [0.1, 0.15) is 6.33 Å². The monoisotopic (exact) mass is 321 g/mol. The van der Waals surface area contributed by atoms with Gasteiger partial charge in [0.05, 0.1) is 23.2 Å². The van der Waals surface area contributed by atoms with E-state index in [9.17, 15) is 13.2 Å². The second-order valence-electron chi connectivity index (χ2n) is 5.49. The number of aromatic nitrogens is 3. The highest BCUT2D eigenvalue weighted by Gasteiger charge is 2.35. The number of halogens is 3. The van der Waals surface area contributed by atoms with Crippen LogP contribution in [0, 0.1) is 11.3 Å². The predicted molar refractivity (Wildman–Crippen MR) is 76.5 cm³/mol. The molecule has 1 unspecified atom stereocenters. The molecule has 1 saturated heterocycles. The van der Waals surface area contributed by atoms with Gasteiger partial charge in [0.2, 0.25) is 0 Å². The summed E-state index contributed by atoms with van der Waals surface area (Å²) in [5.74, 6) is 0.765. The number of alkyl halides is 3. The molecule has 0 radical (unpaired) electrons. The minimum absolute atomic E-state index is 0.0502. The SMILES string of the molecule is Cn1cnnc1C1CCCN1c1ccc(C(F)(F)F)c(C#N)c1. The summed E-state index contributed by atoms with van der Waals surface area (Å²) in [6.07, 6.45) is -1.19. The fourth-order valence-electron chi connectivity index (χ4n) is 2.99. The fourth-order valence-corrected chi connectivity index (χ4v) is 2.99. The van der Waals surface area contributed by atoms with E-state index in [-0.39, 0.29) is 11.6 Å². The summed E-state index contributed by atoms with van der Waals surface area (Å²) in [6, 6.07) is 5.29. The quantitative estimate of drug-likeness (QED) is 0.853. The van der Waals surface area contributed by atoms with E-state index in [1.165, 1.54) is 12.1 Å². The molecule has 5 nitrogen and oxygen atoms in total. The second-order valence-corrected chi connectivity index (χ2v) is 5.49. The highest BCUT2D eigenvalue weighted by molar-refractivity contribution is 5.56. The Morgan fingerprint density at radius 1 is 1.35 bits per heavy atom. The van der Waals surface area contributed by atoms with Crippen molar-refractivity contribution in [2.24, 2.45) is 7.05 Å². The summed E-state index contributed by atoms with van der Waals surface area (Å²) in [4.78, 5) is 1.98. The third-order valence-electron chi connectivity index (χ3n) is 4.06. The minimum Gasteiger partial charge on any atom is -0.361 e. The van der Waals surface area contributed by atoms with E-state index in [0.29, 0.717) is 12.2 Å². The first-order valence-corrected chi connectivity index (χ1v) is 7.13. The molecule has 1 aliphatic rings. The Bertz CT molecular complexity index is 759. The lowest BCUT2D eigenvalue weighted by Gasteiger charge is -2.26. The molecule has 0 aliphatic carbocycles. The molecule has 8 heteroatoms. The van der Waals surface area contributed by atoms with E-state index < -0.39 is 11.7 Å². The van der Waals surface area contributed by atoms with Crippen molar-refractivity contribution in [1.82, 2.24) is 14.8 Å². The van der Waals surface area contributed by atoms with Crippen molar-refractivity contribution in [3.8, 4) is 6.07 Å². The Hall–Kier alpha value is -2.56. The highest BCUT2D eigenvalue weighted by atomic mass is 19.4. The number of anilines is 1. The van der Waals surface area contributed by atoms with Crippen molar-refractivity contribution >= 4 is 5.69 Å². The van der Waals surface area contributed by atoms with Crippen LogP contribution in [0.5, 0.6) is 0 Å². The molecule has 1 aromatic carbocycles. The smallest absolute Gasteiger partial charge is 0.361 e. The Labute approximate surface area is 131 Å². The molecular formula is C15H14F3N5. The molecule has 0 bridgehead atoms. The van der Waals surface area contributed by atoms with E-state index in [4.69, 9.17) is 5.26 Å². The number of hydrogen-bond donors (Lipinski definition) is 0. The highest BCUT2D eigenvalue weighted by Crippen LogP contribution is 2.38. The van der Waals surface area contributed by atoms with E-state index in [1.54, 1.807) is 17.0 Å². The first kappa shape index (κ1) is 15.3. The van der Waals surface area contributed by atoms with Crippen LogP contribution in [-0.2, 0) is 13.2 Å². The molecule has 0 amide bonds. The first-order chi connectivity index (χ1) is 10.9. The largest absolute Gasteiger partial charge is 0.417 e. The number of aryl methyl sites for hydroxylation is 1. The van der Waals surface area contributed by atoms with Gasteiger partial charge in [0.15, 0.2) is 5.82 Å². The van der Waals surface area contributed by atoms with Gasteiger partial charge in [0.25, 0.3) is 0 Å². The average molecular weight is 321 g/mol. The molecule has 2 heterocycles. The zero-order chi connectivity index (χ0) is 16.6. The summed E-state index contributed by atoms with van der Waals surface area (Å²) < 4.78 is 40.5. The predicted octanol–water partition coefficient (Wildman–Crippen LogP) is 3.05. The molecule has 1 aromatic heterocycles. The van der Waals surface area contributed by atoms with E-state index in [2.05, 4.69) is 10.2 Å². The van der Waals surface area contributed by atoms with Gasteiger partial charge in [-0.15, -0.1) is 10.2 Å². The summed E-state index contributed by atoms with van der Waals surface area (Å²) in [7, 11) is 1.83. The summed E-state index contributed by atoms with van der Waals surface area (Å²) in [6.45, 7) is 0.702. The topological polar surface area (TPSA) is 57.7 Å². The Morgan fingerprint density at radius 2 is 2.13 bits per heavy atom. The maximum Gasteiger partial charge on any atom is 0.417 e. The van der Waals surface area contributed by atoms with Crippen LogP contribution in [0.3, 0.4) is 0 Å². The van der Waals surface area contributed by atoms with E-state index in [0.717, 1.165) is 24.7 Å². The molecule has 0 saturated carbocycles. The van der Waals surface area contributed by atoms with Gasteiger partial charge in [-0.3, -0.25) is 0 Å². The summed E-state index contributed by atoms with van der Waals surface area (Å²) in [5.41, 5.74) is -0.670. The Balaban J connectivity index is 1.98. The maximum absolute atomic E-state index is 12.9. The zero-order valence-corrected chi connectivity index (χ0v) is 12.4. The standard InChI is InChI=1S/C15H14F3N5/c1-22-9-20-21-14(22)13-3-2-6-23(13)11-4-5-12(15(16,17)18)10(7-11)8-19/h4-5,7,9,13H,2-3,6H2,1H3. The molecule has 0 spiro atoms. The van der Waals surface area contributed by atoms with Crippen molar-refractivity contribution < 1.29 is 13.2 Å². The third kappa shape index (κ3) is 2.74. The normalized spacial score (nSPS) is 18.2. The van der Waals surface area contributed by atoms with Crippen LogP contribution < -0.4 is 4.90 Å². The lowest BCUT2D eigenvalue weighted by Crippen LogP contribution is -2.25. The van der Waals surface area contributed by atoms with Gasteiger partial charge < -0.3 is 9.47 Å². The number of nitriles is 1. The van der Waals surface area contributed by atoms with Crippen LogP contribution in [0.1, 0.15) is 35.8 Å². The molecule has 0 N–H and O–H groups in total. The average Bonchev–Trinajstić information content (AvgIpc) is 3.13. The summed E-state index contributed by atoms with van der Waals surface area (Å²) in [5, 5.41) is 17.0. The lowest BCUT2D eigenvalue weighted by molar-refractivity contribution is -0.137. The number of rotatable bonds is 2. The van der Waals surface area contributed by atoms with Gasteiger partial charge in [-0.2, -0.15) is 18.4 Å². The molecule has 2 aromatic rings. The van der Waals surface area contributed by atoms with Crippen LogP contribution >= 0.6 is 0 Å². The molecule has 23 heavy (non-hydrogen) atoms. The zero-order valence-electron chi connectivity index (χ0n) is 12.4. The molecule has 120 valence electrons. The van der Waals surface area contributed by atoms with Gasteiger partial charge in [-0.1, -0.05) is 0 Å². The van der Waals surface area contributed by atoms with Crippen LogP contribution in [0.25, 0.3) is 0 Å². The Kier molecular flexibility index (Phi) is 3.72. The molecule has 3 rings (SSSR count). The molecule has 1 fully saturated rings. The molecular weight excluding hydrogens is 307 g/mol. The number of benzene rings is 1. The molecule has 1 atom stereocenters. The third-order valence-corrected chi connectivity index (χ3v) is 4.06. The van der Waals surface area contributed by atoms with Gasteiger partial charge in [-0.25, -0.2) is 0 Å². The van der Waals surface area contributed by atoms with Crippen molar-refractivity contribution in [3.05, 3.63) is 41.5 Å². The van der Waals surface area contributed by atoms with E-state index in [1.807, 2.05) is 11.9 Å². The lowest BCUT2D eigenvalue weighted by atomic mass is 10.1. The minimum atomic E-state index is -4.53. The molecule has 1 aliphatic heterocycles. The Morgan fingerprint density at radius 3 is 2.74 bits per heavy atom. The van der Waals surface area contributed by atoms with Gasteiger partial charge in [-0.05, 0) is 31.0 Å². The van der Waals surface area contributed by atoms with Gasteiger partial charge >= 0.3 is 6.18 Å². The maximum atomic E-state index is 12.9.